The molecule has 1 aliphatic heterocycles. The number of hydrogen-bond donors (Lipinski definition) is 1. The number of aliphatic carboxylic acids is 1. The van der Waals surface area contributed by atoms with Crippen molar-refractivity contribution in [3.05, 3.63) is 22.7 Å². The summed E-state index contributed by atoms with van der Waals surface area (Å²) in [6, 6.07) is 3.82. The van der Waals surface area contributed by atoms with Gasteiger partial charge in [0.2, 0.25) is 0 Å². The lowest BCUT2D eigenvalue weighted by molar-refractivity contribution is -0.149. The summed E-state index contributed by atoms with van der Waals surface area (Å²) in [7, 11) is 1.57. The molecule has 0 aromatic heterocycles. The van der Waals surface area contributed by atoms with Crippen LogP contribution in [0.2, 0.25) is 5.02 Å². The van der Waals surface area contributed by atoms with Gasteiger partial charge >= 0.3 is 5.97 Å². The van der Waals surface area contributed by atoms with Crippen molar-refractivity contribution in [1.82, 2.24) is 4.90 Å². The second kappa shape index (κ2) is 6.81. The van der Waals surface area contributed by atoms with Crippen molar-refractivity contribution in [2.24, 2.45) is 11.3 Å². The van der Waals surface area contributed by atoms with Gasteiger partial charge in [0.15, 0.2) is 11.5 Å². The van der Waals surface area contributed by atoms with Gasteiger partial charge in [0.05, 0.1) is 24.2 Å². The van der Waals surface area contributed by atoms with E-state index in [1.165, 1.54) is 0 Å². The third kappa shape index (κ3) is 2.95. The summed E-state index contributed by atoms with van der Waals surface area (Å²) < 4.78 is 10.9. The van der Waals surface area contributed by atoms with E-state index < -0.39 is 11.4 Å². The Morgan fingerprint density at radius 2 is 2.29 bits per heavy atom. The van der Waals surface area contributed by atoms with E-state index in [9.17, 15) is 9.90 Å². The van der Waals surface area contributed by atoms with Crippen molar-refractivity contribution in [2.75, 3.05) is 26.8 Å². The normalized spacial score (nSPS) is 26.4. The van der Waals surface area contributed by atoms with E-state index >= 15 is 0 Å². The molecular formula is C18H24ClNO4. The van der Waals surface area contributed by atoms with Crippen LogP contribution in [0.1, 0.15) is 31.7 Å². The number of ether oxygens (including phenoxy) is 2. The summed E-state index contributed by atoms with van der Waals surface area (Å²) >= 11 is 6.31. The number of rotatable bonds is 6. The zero-order valence-electron chi connectivity index (χ0n) is 14.2. The van der Waals surface area contributed by atoms with Gasteiger partial charge in [-0.2, -0.15) is 0 Å². The van der Waals surface area contributed by atoms with Gasteiger partial charge in [-0.3, -0.25) is 9.69 Å². The van der Waals surface area contributed by atoms with Crippen molar-refractivity contribution < 1.29 is 19.4 Å². The highest BCUT2D eigenvalue weighted by molar-refractivity contribution is 6.32. The Kier molecular flexibility index (Phi) is 4.92. The number of carboxylic acids is 1. The molecule has 0 spiro atoms. The predicted molar refractivity (Wildman–Crippen MR) is 91.9 cm³/mol. The Morgan fingerprint density at radius 1 is 1.50 bits per heavy atom. The van der Waals surface area contributed by atoms with Crippen LogP contribution in [0.4, 0.5) is 0 Å². The maximum Gasteiger partial charge on any atom is 0.311 e. The molecule has 132 valence electrons. The quantitative estimate of drug-likeness (QED) is 0.849. The molecule has 0 bridgehead atoms. The first-order chi connectivity index (χ1) is 11.5. The minimum Gasteiger partial charge on any atom is -0.491 e. The molecule has 1 aliphatic carbocycles. The molecule has 24 heavy (non-hydrogen) atoms. The standard InChI is InChI=1S/C18H24ClNO4/c1-3-24-15-8-12(7-14(19)16(15)23-2)9-20-10-13-5-4-6-18(13,11-20)17(21)22/h7-8,13H,3-6,9-11H2,1-2H3,(H,21,22)/t13-,18+/m0/s1. The molecule has 5 nitrogen and oxygen atoms in total. The van der Waals surface area contributed by atoms with Crippen LogP contribution in [0, 0.1) is 11.3 Å². The van der Waals surface area contributed by atoms with Gasteiger partial charge in [-0.05, 0) is 43.4 Å². The summed E-state index contributed by atoms with van der Waals surface area (Å²) in [4.78, 5) is 14.0. The molecule has 2 atom stereocenters. The Bertz CT molecular complexity index is 636. The second-order valence-electron chi connectivity index (χ2n) is 6.76. The Labute approximate surface area is 147 Å². The van der Waals surface area contributed by atoms with E-state index in [0.29, 0.717) is 36.2 Å². The fraction of sp³-hybridized carbons (Fsp3) is 0.611. The third-order valence-electron chi connectivity index (χ3n) is 5.35. The molecule has 6 heteroatoms. The zero-order valence-corrected chi connectivity index (χ0v) is 14.9. The van der Waals surface area contributed by atoms with E-state index in [-0.39, 0.29) is 5.92 Å². The van der Waals surface area contributed by atoms with Crippen LogP contribution in [0.5, 0.6) is 11.5 Å². The molecule has 1 aromatic carbocycles. The number of methoxy groups -OCH3 is 1. The molecule has 0 radical (unpaired) electrons. The van der Waals surface area contributed by atoms with E-state index in [0.717, 1.165) is 31.4 Å². The molecule has 1 aromatic rings. The zero-order chi connectivity index (χ0) is 17.3. The average molecular weight is 354 g/mol. The molecule has 2 aliphatic rings. The lowest BCUT2D eigenvalue weighted by Crippen LogP contribution is -2.35. The van der Waals surface area contributed by atoms with Crippen molar-refractivity contribution in [1.29, 1.82) is 0 Å². The van der Waals surface area contributed by atoms with Crippen LogP contribution >= 0.6 is 11.6 Å². The lowest BCUT2D eigenvalue weighted by Gasteiger charge is -2.23. The van der Waals surface area contributed by atoms with Gasteiger partial charge in [0.25, 0.3) is 0 Å². The summed E-state index contributed by atoms with van der Waals surface area (Å²) in [5.41, 5.74) is 0.462. The number of halogens is 1. The van der Waals surface area contributed by atoms with Crippen LogP contribution in [-0.4, -0.2) is 42.8 Å². The van der Waals surface area contributed by atoms with Crippen LogP contribution in [0.3, 0.4) is 0 Å². The number of hydrogen-bond acceptors (Lipinski definition) is 4. The topological polar surface area (TPSA) is 59.0 Å². The van der Waals surface area contributed by atoms with Crippen molar-refractivity contribution >= 4 is 17.6 Å². The van der Waals surface area contributed by atoms with Crippen LogP contribution in [0.25, 0.3) is 0 Å². The van der Waals surface area contributed by atoms with Crippen molar-refractivity contribution in [2.45, 2.75) is 32.7 Å². The largest absolute Gasteiger partial charge is 0.491 e. The fourth-order valence-corrected chi connectivity index (χ4v) is 4.61. The smallest absolute Gasteiger partial charge is 0.311 e. The number of nitrogens with zero attached hydrogens (tertiary/aromatic N) is 1. The molecule has 0 unspecified atom stereocenters. The molecule has 1 N–H and O–H groups in total. The summed E-state index contributed by atoms with van der Waals surface area (Å²) in [5, 5.41) is 10.2. The first-order valence-electron chi connectivity index (χ1n) is 8.45. The van der Waals surface area contributed by atoms with Gasteiger partial charge in [-0.25, -0.2) is 0 Å². The van der Waals surface area contributed by atoms with Gasteiger partial charge in [0, 0.05) is 19.6 Å². The Morgan fingerprint density at radius 3 is 2.92 bits per heavy atom. The highest BCUT2D eigenvalue weighted by Crippen LogP contribution is 2.49. The molecule has 1 heterocycles. The molecular weight excluding hydrogens is 330 g/mol. The Hall–Kier alpha value is -1.46. The summed E-state index contributed by atoms with van der Waals surface area (Å²) in [6.07, 6.45) is 2.82. The number of benzene rings is 1. The first kappa shape index (κ1) is 17.4. The van der Waals surface area contributed by atoms with Gasteiger partial charge < -0.3 is 14.6 Å². The lowest BCUT2D eigenvalue weighted by atomic mass is 9.81. The average Bonchev–Trinajstić information content (AvgIpc) is 3.05. The minimum atomic E-state index is -0.643. The van der Waals surface area contributed by atoms with Crippen molar-refractivity contribution in [3.8, 4) is 11.5 Å². The second-order valence-corrected chi connectivity index (χ2v) is 7.17. The minimum absolute atomic E-state index is 0.259. The maximum atomic E-state index is 11.8. The number of carboxylic acid groups (broad SMARTS) is 1. The summed E-state index contributed by atoms with van der Waals surface area (Å²) in [5.74, 6) is 0.794. The van der Waals surface area contributed by atoms with Gasteiger partial charge in [-0.15, -0.1) is 0 Å². The Balaban J connectivity index is 1.79. The number of likely N-dealkylation sites (tertiary alicyclic amines) is 1. The molecule has 0 amide bonds. The summed E-state index contributed by atoms with van der Waals surface area (Å²) in [6.45, 7) is 4.57. The first-order valence-corrected chi connectivity index (χ1v) is 8.83. The van der Waals surface area contributed by atoms with Crippen molar-refractivity contribution in [3.63, 3.8) is 0 Å². The van der Waals surface area contributed by atoms with E-state index in [1.807, 2.05) is 19.1 Å². The number of carbonyl (C=O) groups is 1. The fourth-order valence-electron chi connectivity index (χ4n) is 4.30. The highest BCUT2D eigenvalue weighted by atomic mass is 35.5. The van der Waals surface area contributed by atoms with Crippen LogP contribution in [0.15, 0.2) is 12.1 Å². The van der Waals surface area contributed by atoms with E-state index in [1.54, 1.807) is 7.11 Å². The molecule has 1 saturated heterocycles. The third-order valence-corrected chi connectivity index (χ3v) is 5.63. The molecule has 3 rings (SSSR count). The monoisotopic (exact) mass is 353 g/mol. The van der Waals surface area contributed by atoms with E-state index in [2.05, 4.69) is 4.90 Å². The highest BCUT2D eigenvalue weighted by Gasteiger charge is 2.54. The predicted octanol–water partition coefficient (Wildman–Crippen LogP) is 3.43. The van der Waals surface area contributed by atoms with E-state index in [4.69, 9.17) is 21.1 Å². The molecule has 2 fully saturated rings. The van der Waals surface area contributed by atoms with Gasteiger partial charge in [0.1, 0.15) is 0 Å². The van der Waals surface area contributed by atoms with Crippen LogP contribution < -0.4 is 9.47 Å². The number of fused-ring (bicyclic) bond motifs is 1. The van der Waals surface area contributed by atoms with Crippen LogP contribution in [-0.2, 0) is 11.3 Å². The maximum absolute atomic E-state index is 11.8. The molecule has 1 saturated carbocycles. The van der Waals surface area contributed by atoms with Gasteiger partial charge in [-0.1, -0.05) is 18.0 Å². The SMILES string of the molecule is CCOc1cc(CN2C[C@@H]3CCC[C@@]3(C(=O)O)C2)cc(Cl)c1OC.